The van der Waals surface area contributed by atoms with Gasteiger partial charge >= 0.3 is 0 Å². The van der Waals surface area contributed by atoms with Gasteiger partial charge in [-0.1, -0.05) is 11.6 Å². The van der Waals surface area contributed by atoms with E-state index in [0.717, 1.165) is 29.5 Å². The van der Waals surface area contributed by atoms with E-state index in [2.05, 4.69) is 16.0 Å². The van der Waals surface area contributed by atoms with E-state index in [1.54, 1.807) is 37.4 Å². The molecule has 1 aliphatic heterocycles. The van der Waals surface area contributed by atoms with E-state index >= 15 is 0 Å². The zero-order valence-corrected chi connectivity index (χ0v) is 20.2. The molecule has 1 atom stereocenters. The summed E-state index contributed by atoms with van der Waals surface area (Å²) in [6, 6.07) is 12.3. The van der Waals surface area contributed by atoms with Crippen LogP contribution in [0.15, 0.2) is 42.5 Å². The minimum Gasteiger partial charge on any atom is -0.497 e. The van der Waals surface area contributed by atoms with Crippen LogP contribution in [0.25, 0.3) is 10.1 Å². The van der Waals surface area contributed by atoms with Crippen molar-refractivity contribution in [2.45, 2.75) is 18.9 Å². The van der Waals surface area contributed by atoms with Crippen LogP contribution in [0.5, 0.6) is 5.75 Å². The number of carbonyl (C=O) groups is 2. The SMILES string of the molecule is COc1ccc2c(Cl)c(C(=O)NC(=S)Nc3ccc(C(=O)NCC4CCCO4)cc3)sc2c1. The zero-order valence-electron chi connectivity index (χ0n) is 17.8. The minimum absolute atomic E-state index is 0.0901. The molecule has 2 amide bonds. The van der Waals surface area contributed by atoms with Gasteiger partial charge in [-0.3, -0.25) is 14.9 Å². The van der Waals surface area contributed by atoms with Gasteiger partial charge in [0.1, 0.15) is 10.6 Å². The first kappa shape index (κ1) is 23.4. The maximum atomic E-state index is 12.7. The summed E-state index contributed by atoms with van der Waals surface area (Å²) >= 11 is 12.9. The van der Waals surface area contributed by atoms with E-state index in [9.17, 15) is 9.59 Å². The lowest BCUT2D eigenvalue weighted by molar-refractivity contribution is 0.0857. The van der Waals surface area contributed by atoms with Crippen molar-refractivity contribution in [2.75, 3.05) is 25.6 Å². The van der Waals surface area contributed by atoms with E-state index in [1.165, 1.54) is 11.3 Å². The Hall–Kier alpha value is -2.72. The van der Waals surface area contributed by atoms with Gasteiger partial charge in [0.05, 0.1) is 18.2 Å². The minimum atomic E-state index is -0.400. The number of benzene rings is 2. The van der Waals surface area contributed by atoms with Gasteiger partial charge < -0.3 is 20.1 Å². The summed E-state index contributed by atoms with van der Waals surface area (Å²) in [6.45, 7) is 1.25. The fourth-order valence-corrected chi connectivity index (χ4v) is 5.11. The molecule has 0 bridgehead atoms. The molecule has 0 aliphatic carbocycles. The molecule has 0 saturated carbocycles. The number of anilines is 1. The van der Waals surface area contributed by atoms with Crippen molar-refractivity contribution in [3.05, 3.63) is 57.9 Å². The molecule has 3 N–H and O–H groups in total. The van der Waals surface area contributed by atoms with Crippen molar-refractivity contribution in [3.8, 4) is 5.75 Å². The summed E-state index contributed by atoms with van der Waals surface area (Å²) in [5.74, 6) is 0.125. The number of fused-ring (bicyclic) bond motifs is 1. The number of carbonyl (C=O) groups excluding carboxylic acids is 2. The normalized spacial score (nSPS) is 15.3. The maximum Gasteiger partial charge on any atom is 0.269 e. The molecule has 172 valence electrons. The van der Waals surface area contributed by atoms with E-state index in [0.29, 0.717) is 33.4 Å². The third-order valence-electron chi connectivity index (χ3n) is 5.19. The Morgan fingerprint density at radius 1 is 1.21 bits per heavy atom. The highest BCUT2D eigenvalue weighted by atomic mass is 35.5. The highest BCUT2D eigenvalue weighted by molar-refractivity contribution is 7.80. The third-order valence-corrected chi connectivity index (χ3v) is 7.05. The van der Waals surface area contributed by atoms with Gasteiger partial charge in [0.25, 0.3) is 11.8 Å². The number of hydrogen-bond donors (Lipinski definition) is 3. The van der Waals surface area contributed by atoms with Crippen LogP contribution >= 0.6 is 35.2 Å². The zero-order chi connectivity index (χ0) is 23.4. The number of halogens is 1. The van der Waals surface area contributed by atoms with Gasteiger partial charge in [-0.05, 0) is 67.5 Å². The molecule has 1 saturated heterocycles. The van der Waals surface area contributed by atoms with Crippen LogP contribution < -0.4 is 20.7 Å². The first-order valence-electron chi connectivity index (χ1n) is 10.3. The maximum absolute atomic E-state index is 12.7. The molecule has 7 nitrogen and oxygen atoms in total. The van der Waals surface area contributed by atoms with Crippen LogP contribution in [-0.2, 0) is 4.74 Å². The van der Waals surface area contributed by atoms with E-state index < -0.39 is 5.91 Å². The van der Waals surface area contributed by atoms with Crippen molar-refractivity contribution in [1.82, 2.24) is 10.6 Å². The largest absolute Gasteiger partial charge is 0.497 e. The lowest BCUT2D eigenvalue weighted by Crippen LogP contribution is -2.34. The number of thiocarbonyl (C=S) groups is 1. The molecular weight excluding hydrogens is 482 g/mol. The van der Waals surface area contributed by atoms with Gasteiger partial charge in [-0.15, -0.1) is 11.3 Å². The number of hydrogen-bond acceptors (Lipinski definition) is 6. The predicted molar refractivity (Wildman–Crippen MR) is 135 cm³/mol. The van der Waals surface area contributed by atoms with Crippen LogP contribution in [-0.4, -0.2) is 43.3 Å². The Balaban J connectivity index is 1.33. The van der Waals surface area contributed by atoms with E-state index in [4.69, 9.17) is 33.3 Å². The third kappa shape index (κ3) is 5.62. The number of ether oxygens (including phenoxy) is 2. The van der Waals surface area contributed by atoms with Crippen molar-refractivity contribution in [2.24, 2.45) is 0 Å². The van der Waals surface area contributed by atoms with E-state index in [-0.39, 0.29) is 17.1 Å². The molecule has 2 aromatic carbocycles. The molecule has 2 heterocycles. The Morgan fingerprint density at radius 2 is 2.00 bits per heavy atom. The summed E-state index contributed by atoms with van der Waals surface area (Å²) in [6.07, 6.45) is 2.08. The average molecular weight is 504 g/mol. The van der Waals surface area contributed by atoms with E-state index in [1.807, 2.05) is 12.1 Å². The number of rotatable bonds is 6. The van der Waals surface area contributed by atoms with Crippen LogP contribution in [0, 0.1) is 0 Å². The lowest BCUT2D eigenvalue weighted by Gasteiger charge is -2.12. The standard InChI is InChI=1S/C23H22ClN3O4S2/c1-30-15-8-9-17-18(11-15)33-20(19(17)24)22(29)27-23(32)26-14-6-4-13(5-7-14)21(28)25-12-16-3-2-10-31-16/h4-9,11,16H,2-3,10,12H2,1H3,(H,25,28)(H2,26,27,29,32). The average Bonchev–Trinajstić information content (AvgIpc) is 3.45. The molecule has 0 radical (unpaired) electrons. The molecule has 33 heavy (non-hydrogen) atoms. The second-order valence-corrected chi connectivity index (χ2v) is 9.28. The summed E-state index contributed by atoms with van der Waals surface area (Å²) < 4.78 is 11.6. The highest BCUT2D eigenvalue weighted by Crippen LogP contribution is 2.37. The monoisotopic (exact) mass is 503 g/mol. The van der Waals surface area contributed by atoms with Crippen LogP contribution in [0.2, 0.25) is 5.02 Å². The predicted octanol–water partition coefficient (Wildman–Crippen LogP) is 4.60. The second kappa shape index (κ2) is 10.5. The van der Waals surface area contributed by atoms with Crippen molar-refractivity contribution >= 4 is 67.9 Å². The number of amides is 2. The molecule has 3 aromatic rings. The molecule has 1 fully saturated rings. The molecule has 1 aliphatic rings. The summed E-state index contributed by atoms with van der Waals surface area (Å²) in [5, 5.41) is 9.75. The van der Waals surface area contributed by atoms with Crippen LogP contribution in [0.1, 0.15) is 32.9 Å². The van der Waals surface area contributed by atoms with Crippen molar-refractivity contribution in [3.63, 3.8) is 0 Å². The Morgan fingerprint density at radius 3 is 2.70 bits per heavy atom. The molecule has 1 aromatic heterocycles. The highest BCUT2D eigenvalue weighted by Gasteiger charge is 2.19. The molecule has 0 spiro atoms. The first-order chi connectivity index (χ1) is 15.9. The fourth-order valence-electron chi connectivity index (χ4n) is 3.46. The van der Waals surface area contributed by atoms with Gasteiger partial charge in [-0.2, -0.15) is 0 Å². The van der Waals surface area contributed by atoms with Gasteiger partial charge in [0, 0.05) is 34.5 Å². The van der Waals surface area contributed by atoms with Gasteiger partial charge in [0.2, 0.25) is 0 Å². The summed E-state index contributed by atoms with van der Waals surface area (Å²) in [4.78, 5) is 25.4. The molecule has 1 unspecified atom stereocenters. The van der Waals surface area contributed by atoms with Gasteiger partial charge in [0.15, 0.2) is 5.11 Å². The second-order valence-electron chi connectivity index (χ2n) is 7.44. The molecule has 4 rings (SSSR count). The number of thiophene rings is 1. The van der Waals surface area contributed by atoms with Gasteiger partial charge in [-0.25, -0.2) is 0 Å². The molecule has 10 heteroatoms. The fraction of sp³-hybridized carbons (Fsp3) is 0.261. The van der Waals surface area contributed by atoms with Crippen LogP contribution in [0.4, 0.5) is 5.69 Å². The Kier molecular flexibility index (Phi) is 7.44. The topological polar surface area (TPSA) is 88.7 Å². The lowest BCUT2D eigenvalue weighted by atomic mass is 10.2. The first-order valence-corrected chi connectivity index (χ1v) is 11.9. The van der Waals surface area contributed by atoms with Crippen molar-refractivity contribution in [1.29, 1.82) is 0 Å². The Labute approximate surface area is 205 Å². The smallest absolute Gasteiger partial charge is 0.269 e. The summed E-state index contributed by atoms with van der Waals surface area (Å²) in [7, 11) is 1.58. The summed E-state index contributed by atoms with van der Waals surface area (Å²) in [5.41, 5.74) is 1.17. The number of nitrogens with one attached hydrogen (secondary N) is 3. The Bertz CT molecular complexity index is 1190. The quantitative estimate of drug-likeness (QED) is 0.426. The molecular formula is C23H22ClN3O4S2. The van der Waals surface area contributed by atoms with Crippen LogP contribution in [0.3, 0.4) is 0 Å². The number of methoxy groups -OCH3 is 1. The van der Waals surface area contributed by atoms with Crippen molar-refractivity contribution < 1.29 is 19.1 Å².